The summed E-state index contributed by atoms with van der Waals surface area (Å²) in [7, 11) is 0. The Kier molecular flexibility index (Phi) is 5.22. The maximum atomic E-state index is 13.6. The molecule has 1 aliphatic rings. The van der Waals surface area contributed by atoms with Crippen molar-refractivity contribution in [3.8, 4) is 0 Å². The number of rotatable bonds is 4. The molecule has 4 nitrogen and oxygen atoms in total. The fourth-order valence-electron chi connectivity index (χ4n) is 2.39. The van der Waals surface area contributed by atoms with Crippen molar-refractivity contribution in [3.63, 3.8) is 0 Å². The Hall–Kier alpha value is -1.56. The van der Waals surface area contributed by atoms with Crippen molar-refractivity contribution in [2.24, 2.45) is 5.92 Å². The highest BCUT2D eigenvalue weighted by Crippen LogP contribution is 2.24. The molecular formula is C15H18FNO3S. The van der Waals surface area contributed by atoms with Gasteiger partial charge in [0.1, 0.15) is 5.82 Å². The van der Waals surface area contributed by atoms with Crippen LogP contribution in [0.1, 0.15) is 30.1 Å². The minimum Gasteiger partial charge on any atom is -0.478 e. The fourth-order valence-corrected chi connectivity index (χ4v) is 3.27. The average molecular weight is 311 g/mol. The number of aromatic carboxylic acids is 1. The number of piperidine rings is 1. The van der Waals surface area contributed by atoms with Crippen LogP contribution >= 0.6 is 11.8 Å². The van der Waals surface area contributed by atoms with Crippen LogP contribution < -0.4 is 0 Å². The average Bonchev–Trinajstić information content (AvgIpc) is 2.45. The van der Waals surface area contributed by atoms with Crippen molar-refractivity contribution in [2.75, 3.05) is 18.8 Å². The number of benzene rings is 1. The first kappa shape index (κ1) is 15.8. The van der Waals surface area contributed by atoms with Gasteiger partial charge in [-0.2, -0.15) is 0 Å². The van der Waals surface area contributed by atoms with Gasteiger partial charge in [-0.25, -0.2) is 9.18 Å². The van der Waals surface area contributed by atoms with Gasteiger partial charge in [-0.1, -0.05) is 6.92 Å². The standard InChI is InChI=1S/C15H18FNO3S/c1-10-3-2-6-17(8-10)14(18)9-21-13-7-11(15(19)20)4-5-12(13)16/h4-5,7,10H,2-3,6,8-9H2,1H3,(H,19,20). The quantitative estimate of drug-likeness (QED) is 0.869. The molecule has 1 atom stereocenters. The molecule has 0 bridgehead atoms. The topological polar surface area (TPSA) is 57.6 Å². The van der Waals surface area contributed by atoms with Crippen molar-refractivity contribution < 1.29 is 19.1 Å². The summed E-state index contributed by atoms with van der Waals surface area (Å²) in [6.07, 6.45) is 2.13. The number of halogens is 1. The zero-order valence-corrected chi connectivity index (χ0v) is 12.7. The van der Waals surface area contributed by atoms with Crippen LogP contribution in [0.2, 0.25) is 0 Å². The molecule has 6 heteroatoms. The van der Waals surface area contributed by atoms with Gasteiger partial charge in [0.15, 0.2) is 0 Å². The number of thioether (sulfide) groups is 1. The zero-order valence-electron chi connectivity index (χ0n) is 11.8. The van der Waals surface area contributed by atoms with Gasteiger partial charge in [0, 0.05) is 18.0 Å². The summed E-state index contributed by atoms with van der Waals surface area (Å²) in [6.45, 7) is 3.61. The number of carbonyl (C=O) groups excluding carboxylic acids is 1. The van der Waals surface area contributed by atoms with Gasteiger partial charge in [-0.05, 0) is 37.0 Å². The van der Waals surface area contributed by atoms with E-state index in [1.54, 1.807) is 4.90 Å². The first-order chi connectivity index (χ1) is 9.97. The van der Waals surface area contributed by atoms with E-state index in [0.717, 1.165) is 43.8 Å². The number of carboxylic acid groups (broad SMARTS) is 1. The Labute approximate surface area is 127 Å². The molecule has 1 aromatic carbocycles. The van der Waals surface area contributed by atoms with Crippen molar-refractivity contribution in [1.29, 1.82) is 0 Å². The molecule has 1 aromatic rings. The van der Waals surface area contributed by atoms with E-state index in [1.807, 2.05) is 0 Å². The summed E-state index contributed by atoms with van der Waals surface area (Å²) in [5, 5.41) is 8.90. The van der Waals surface area contributed by atoms with Crippen LogP contribution in [-0.4, -0.2) is 40.7 Å². The van der Waals surface area contributed by atoms with E-state index in [1.165, 1.54) is 12.1 Å². The maximum absolute atomic E-state index is 13.6. The molecule has 0 saturated carbocycles. The Bertz CT molecular complexity index is 550. The first-order valence-corrected chi connectivity index (χ1v) is 7.89. The molecule has 1 saturated heterocycles. The lowest BCUT2D eigenvalue weighted by atomic mass is 10.0. The molecule has 1 fully saturated rings. The van der Waals surface area contributed by atoms with Crippen LogP contribution in [0.25, 0.3) is 0 Å². The van der Waals surface area contributed by atoms with Gasteiger partial charge in [0.25, 0.3) is 0 Å². The monoisotopic (exact) mass is 311 g/mol. The summed E-state index contributed by atoms with van der Waals surface area (Å²) in [5.41, 5.74) is 0.0259. The third-order valence-corrected chi connectivity index (χ3v) is 4.55. The number of hydrogen-bond donors (Lipinski definition) is 1. The second-order valence-corrected chi connectivity index (χ2v) is 6.34. The van der Waals surface area contributed by atoms with Crippen LogP contribution in [0, 0.1) is 11.7 Å². The van der Waals surface area contributed by atoms with Crippen molar-refractivity contribution in [1.82, 2.24) is 4.90 Å². The van der Waals surface area contributed by atoms with Crippen LogP contribution in [0.4, 0.5) is 4.39 Å². The largest absolute Gasteiger partial charge is 0.478 e. The molecule has 2 rings (SSSR count). The Morgan fingerprint density at radius 2 is 2.24 bits per heavy atom. The first-order valence-electron chi connectivity index (χ1n) is 6.91. The summed E-state index contributed by atoms with van der Waals surface area (Å²) >= 11 is 1.05. The predicted molar refractivity (Wildman–Crippen MR) is 79.1 cm³/mol. The Morgan fingerprint density at radius 3 is 2.90 bits per heavy atom. The molecule has 1 aliphatic heterocycles. The summed E-state index contributed by atoms with van der Waals surface area (Å²) in [4.78, 5) is 25.0. The van der Waals surface area contributed by atoms with Gasteiger partial charge in [0.05, 0.1) is 11.3 Å². The lowest BCUT2D eigenvalue weighted by Gasteiger charge is -2.30. The maximum Gasteiger partial charge on any atom is 0.335 e. The van der Waals surface area contributed by atoms with E-state index in [2.05, 4.69) is 6.92 Å². The molecule has 114 valence electrons. The summed E-state index contributed by atoms with van der Waals surface area (Å²) in [5.74, 6) is -0.989. The number of nitrogens with zero attached hydrogens (tertiary/aromatic N) is 1. The number of likely N-dealkylation sites (tertiary alicyclic amines) is 1. The molecule has 0 aliphatic carbocycles. The number of carbonyl (C=O) groups is 2. The zero-order chi connectivity index (χ0) is 15.4. The lowest BCUT2D eigenvalue weighted by Crippen LogP contribution is -2.40. The number of carboxylic acids is 1. The van der Waals surface area contributed by atoms with Gasteiger partial charge >= 0.3 is 5.97 Å². The van der Waals surface area contributed by atoms with Crippen molar-refractivity contribution in [3.05, 3.63) is 29.6 Å². The van der Waals surface area contributed by atoms with Gasteiger partial charge in [-0.15, -0.1) is 11.8 Å². The smallest absolute Gasteiger partial charge is 0.335 e. The third kappa shape index (κ3) is 4.20. The van der Waals surface area contributed by atoms with Crippen LogP contribution in [-0.2, 0) is 4.79 Å². The van der Waals surface area contributed by atoms with Gasteiger partial charge < -0.3 is 10.0 Å². The van der Waals surface area contributed by atoms with E-state index in [4.69, 9.17) is 5.11 Å². The SMILES string of the molecule is CC1CCCN(C(=O)CSc2cc(C(=O)O)ccc2F)C1. The highest BCUT2D eigenvalue weighted by Gasteiger charge is 2.21. The van der Waals surface area contributed by atoms with E-state index in [9.17, 15) is 14.0 Å². The molecule has 0 spiro atoms. The second kappa shape index (κ2) is 6.93. The molecule has 21 heavy (non-hydrogen) atoms. The summed E-state index contributed by atoms with van der Waals surface area (Å²) < 4.78 is 13.6. The second-order valence-electron chi connectivity index (χ2n) is 5.33. The number of amides is 1. The molecular weight excluding hydrogens is 293 g/mol. The van der Waals surface area contributed by atoms with Gasteiger partial charge in [-0.3, -0.25) is 4.79 Å². The van der Waals surface area contributed by atoms with E-state index in [0.29, 0.717) is 5.92 Å². The molecule has 1 N–H and O–H groups in total. The van der Waals surface area contributed by atoms with Crippen LogP contribution in [0.15, 0.2) is 23.1 Å². The highest BCUT2D eigenvalue weighted by molar-refractivity contribution is 8.00. The Morgan fingerprint density at radius 1 is 1.48 bits per heavy atom. The lowest BCUT2D eigenvalue weighted by molar-refractivity contribution is -0.130. The molecule has 1 heterocycles. The summed E-state index contributed by atoms with van der Waals surface area (Å²) in [6, 6.07) is 3.61. The molecule has 1 unspecified atom stereocenters. The molecule has 0 radical (unpaired) electrons. The molecule has 1 amide bonds. The van der Waals surface area contributed by atoms with Crippen LogP contribution in [0.3, 0.4) is 0 Å². The highest BCUT2D eigenvalue weighted by atomic mass is 32.2. The van der Waals surface area contributed by atoms with Crippen LogP contribution in [0.5, 0.6) is 0 Å². The minimum atomic E-state index is -1.10. The third-order valence-electron chi connectivity index (χ3n) is 3.54. The van der Waals surface area contributed by atoms with Crippen molar-refractivity contribution in [2.45, 2.75) is 24.7 Å². The number of hydrogen-bond acceptors (Lipinski definition) is 3. The van der Waals surface area contributed by atoms with E-state index >= 15 is 0 Å². The minimum absolute atomic E-state index is 0.0216. The van der Waals surface area contributed by atoms with E-state index in [-0.39, 0.29) is 22.1 Å². The normalized spacial score (nSPS) is 18.6. The molecule has 0 aromatic heterocycles. The van der Waals surface area contributed by atoms with Crippen molar-refractivity contribution >= 4 is 23.6 Å². The van der Waals surface area contributed by atoms with Gasteiger partial charge in [0.2, 0.25) is 5.91 Å². The Balaban J connectivity index is 1.97. The predicted octanol–water partition coefficient (Wildman–Crippen LogP) is 2.87. The van der Waals surface area contributed by atoms with E-state index < -0.39 is 11.8 Å². The fraction of sp³-hybridized carbons (Fsp3) is 0.467.